The monoisotopic (exact) mass is 487 g/mol. The maximum atomic E-state index is 13.0. The minimum atomic E-state index is -0.438. The Hall–Kier alpha value is -3.68. The van der Waals surface area contributed by atoms with Crippen LogP contribution in [0.1, 0.15) is 57.0 Å². The molecule has 2 heterocycles. The van der Waals surface area contributed by atoms with Crippen molar-refractivity contribution in [1.82, 2.24) is 19.1 Å². The van der Waals surface area contributed by atoms with Gasteiger partial charge in [0.2, 0.25) is 5.91 Å². The van der Waals surface area contributed by atoms with Crippen molar-refractivity contribution in [3.05, 3.63) is 68.1 Å². The molecular formula is C28H33N5O3. The first kappa shape index (κ1) is 24.0. The van der Waals surface area contributed by atoms with Crippen molar-refractivity contribution < 1.29 is 4.79 Å². The first-order valence-corrected chi connectivity index (χ1v) is 12.9. The van der Waals surface area contributed by atoms with Crippen LogP contribution in [0.25, 0.3) is 21.9 Å². The molecule has 0 fully saturated rings. The smallest absolute Gasteiger partial charge is 0.326 e. The molecule has 0 saturated carbocycles. The molecule has 0 saturated heterocycles. The van der Waals surface area contributed by atoms with Gasteiger partial charge in [-0.05, 0) is 47.8 Å². The van der Waals surface area contributed by atoms with E-state index >= 15 is 0 Å². The largest absolute Gasteiger partial charge is 0.330 e. The topological polar surface area (TPSA) is 102 Å². The highest BCUT2D eigenvalue weighted by molar-refractivity contribution is 6.05. The fourth-order valence-electron chi connectivity index (χ4n) is 5.29. The van der Waals surface area contributed by atoms with Gasteiger partial charge >= 0.3 is 5.69 Å². The van der Waals surface area contributed by atoms with Crippen molar-refractivity contribution in [2.24, 2.45) is 5.92 Å². The third kappa shape index (κ3) is 4.36. The predicted octanol–water partition coefficient (Wildman–Crippen LogP) is 4.17. The second kappa shape index (κ2) is 9.76. The Labute approximate surface area is 209 Å². The average molecular weight is 488 g/mol. The Morgan fingerprint density at radius 3 is 2.64 bits per heavy atom. The van der Waals surface area contributed by atoms with Crippen LogP contribution in [0.3, 0.4) is 0 Å². The van der Waals surface area contributed by atoms with Crippen LogP contribution in [-0.2, 0) is 37.1 Å². The van der Waals surface area contributed by atoms with Gasteiger partial charge in [0.25, 0.3) is 5.56 Å². The third-order valence-corrected chi connectivity index (χ3v) is 6.97. The van der Waals surface area contributed by atoms with Crippen LogP contribution in [-0.4, -0.2) is 25.0 Å². The molecule has 1 aliphatic rings. The summed E-state index contributed by atoms with van der Waals surface area (Å²) in [5.41, 5.74) is 3.43. The highest BCUT2D eigenvalue weighted by Crippen LogP contribution is 2.35. The summed E-state index contributed by atoms with van der Waals surface area (Å²) < 4.78 is 3.43. The molecule has 0 unspecified atom stereocenters. The number of unbranched alkanes of at least 4 members (excludes halogenated alkanes) is 1. The van der Waals surface area contributed by atoms with Gasteiger partial charge in [0.1, 0.15) is 5.82 Å². The summed E-state index contributed by atoms with van der Waals surface area (Å²) in [5, 5.41) is 5.43. The lowest BCUT2D eigenvalue weighted by molar-refractivity contribution is -0.116. The Balaban J connectivity index is 1.44. The molecule has 0 radical (unpaired) electrons. The Kier molecular flexibility index (Phi) is 6.51. The molecule has 0 bridgehead atoms. The van der Waals surface area contributed by atoms with Gasteiger partial charge in [-0.1, -0.05) is 51.5 Å². The van der Waals surface area contributed by atoms with Gasteiger partial charge in [0.05, 0.1) is 0 Å². The summed E-state index contributed by atoms with van der Waals surface area (Å²) in [4.78, 5) is 45.5. The first-order valence-electron chi connectivity index (χ1n) is 12.9. The molecule has 5 rings (SSSR count). The third-order valence-electron chi connectivity index (χ3n) is 6.97. The number of hydrogen-bond acceptors (Lipinski definition) is 4. The van der Waals surface area contributed by atoms with E-state index in [0.717, 1.165) is 36.8 Å². The zero-order valence-electron chi connectivity index (χ0n) is 21.2. The molecule has 36 heavy (non-hydrogen) atoms. The number of benzene rings is 2. The molecule has 2 aromatic carbocycles. The lowest BCUT2D eigenvalue weighted by Gasteiger charge is -2.12. The van der Waals surface area contributed by atoms with E-state index in [4.69, 9.17) is 4.98 Å². The maximum Gasteiger partial charge on any atom is 0.330 e. The normalized spacial score (nSPS) is 12.8. The van der Waals surface area contributed by atoms with Crippen LogP contribution in [0.15, 0.2) is 39.9 Å². The van der Waals surface area contributed by atoms with E-state index in [1.807, 2.05) is 16.7 Å². The minimum absolute atomic E-state index is 0.103. The van der Waals surface area contributed by atoms with Crippen molar-refractivity contribution >= 4 is 33.5 Å². The van der Waals surface area contributed by atoms with E-state index in [1.54, 1.807) is 4.57 Å². The molecule has 1 aliphatic carbocycles. The zero-order chi connectivity index (χ0) is 25.4. The maximum absolute atomic E-state index is 13.0. The number of anilines is 1. The molecule has 1 amide bonds. The highest BCUT2D eigenvalue weighted by Gasteiger charge is 2.21. The minimum Gasteiger partial charge on any atom is -0.326 e. The van der Waals surface area contributed by atoms with Crippen molar-refractivity contribution in [2.45, 2.75) is 72.4 Å². The number of fused-ring (bicyclic) bond motifs is 1. The summed E-state index contributed by atoms with van der Waals surface area (Å²) in [6.07, 6.45) is 4.41. The fourth-order valence-corrected chi connectivity index (χ4v) is 5.29. The second-order valence-corrected chi connectivity index (χ2v) is 10.1. The number of H-pyrrole nitrogens is 1. The summed E-state index contributed by atoms with van der Waals surface area (Å²) >= 11 is 0. The van der Waals surface area contributed by atoms with Crippen LogP contribution in [0.5, 0.6) is 0 Å². The van der Waals surface area contributed by atoms with Gasteiger partial charge < -0.3 is 9.88 Å². The molecule has 4 aromatic rings. The Bertz CT molecular complexity index is 1560. The zero-order valence-corrected chi connectivity index (χ0v) is 21.2. The van der Waals surface area contributed by atoms with E-state index in [9.17, 15) is 14.4 Å². The van der Waals surface area contributed by atoms with Crippen molar-refractivity contribution in [2.75, 3.05) is 5.32 Å². The summed E-state index contributed by atoms with van der Waals surface area (Å²) in [5.74, 6) is 0.809. The van der Waals surface area contributed by atoms with Gasteiger partial charge in [0.15, 0.2) is 11.2 Å². The van der Waals surface area contributed by atoms with Crippen LogP contribution in [0.4, 0.5) is 5.69 Å². The SMILES string of the molecule is CCCCn1c(=O)[nH]c(=O)c2c1nc(CCC(=O)Nc1ccc3c4c(cccc14)CC3)n2CC(C)C. The molecule has 8 heteroatoms. The van der Waals surface area contributed by atoms with Gasteiger partial charge in [-0.3, -0.25) is 19.1 Å². The lowest BCUT2D eigenvalue weighted by Crippen LogP contribution is -2.31. The molecule has 2 aromatic heterocycles. The van der Waals surface area contributed by atoms with Gasteiger partial charge in [-0.15, -0.1) is 0 Å². The Morgan fingerprint density at radius 1 is 1.11 bits per heavy atom. The van der Waals surface area contributed by atoms with Gasteiger partial charge in [0, 0.05) is 37.0 Å². The number of aromatic amines is 1. The number of nitrogens with zero attached hydrogens (tertiary/aromatic N) is 3. The molecule has 0 atom stereocenters. The molecule has 8 nitrogen and oxygen atoms in total. The van der Waals surface area contributed by atoms with Crippen LogP contribution < -0.4 is 16.6 Å². The van der Waals surface area contributed by atoms with E-state index in [0.29, 0.717) is 36.5 Å². The predicted molar refractivity (Wildman–Crippen MR) is 143 cm³/mol. The number of imidazole rings is 1. The Morgan fingerprint density at radius 2 is 1.89 bits per heavy atom. The number of aryl methyl sites for hydroxylation is 4. The van der Waals surface area contributed by atoms with Crippen molar-refractivity contribution in [1.29, 1.82) is 0 Å². The summed E-state index contributed by atoms with van der Waals surface area (Å²) in [6, 6.07) is 10.4. The van der Waals surface area contributed by atoms with E-state index in [2.05, 4.69) is 49.3 Å². The summed E-state index contributed by atoms with van der Waals surface area (Å²) in [6.45, 7) is 7.26. The van der Waals surface area contributed by atoms with Crippen LogP contribution in [0, 0.1) is 5.92 Å². The number of nitrogens with one attached hydrogen (secondary N) is 2. The highest BCUT2D eigenvalue weighted by atomic mass is 16.2. The van der Waals surface area contributed by atoms with Crippen molar-refractivity contribution in [3.8, 4) is 0 Å². The number of amides is 1. The quantitative estimate of drug-likeness (QED) is 0.370. The summed E-state index contributed by atoms with van der Waals surface area (Å²) in [7, 11) is 0. The van der Waals surface area contributed by atoms with Crippen LogP contribution >= 0.6 is 0 Å². The van der Waals surface area contributed by atoms with E-state index in [-0.39, 0.29) is 18.2 Å². The first-order chi connectivity index (χ1) is 17.4. The molecular weight excluding hydrogens is 454 g/mol. The molecule has 0 aliphatic heterocycles. The number of hydrogen-bond donors (Lipinski definition) is 2. The molecule has 0 spiro atoms. The molecule has 2 N–H and O–H groups in total. The molecule has 188 valence electrons. The number of rotatable bonds is 9. The van der Waals surface area contributed by atoms with Gasteiger partial charge in [-0.2, -0.15) is 0 Å². The van der Waals surface area contributed by atoms with E-state index in [1.165, 1.54) is 16.5 Å². The van der Waals surface area contributed by atoms with Crippen LogP contribution in [0.2, 0.25) is 0 Å². The van der Waals surface area contributed by atoms with E-state index < -0.39 is 11.2 Å². The number of carbonyl (C=O) groups is 1. The number of carbonyl (C=O) groups excluding carboxylic acids is 1. The lowest BCUT2D eigenvalue weighted by atomic mass is 10.0. The van der Waals surface area contributed by atoms with Crippen molar-refractivity contribution in [3.63, 3.8) is 0 Å². The van der Waals surface area contributed by atoms with Gasteiger partial charge in [-0.25, -0.2) is 9.78 Å². The fraction of sp³-hybridized carbons (Fsp3) is 0.429. The standard InChI is InChI=1S/C28H33N5O3/c1-4-5-15-32-26-25(27(35)31-28(32)36)33(16-17(2)3)22(30-26)13-14-23(34)29-21-12-11-19-10-9-18-7-6-8-20(21)24(18)19/h6-8,11-12,17H,4-5,9-10,13-16H2,1-3H3,(H,29,34)(H,31,35,36). The second-order valence-electron chi connectivity index (χ2n) is 10.1. The average Bonchev–Trinajstić information content (AvgIpc) is 3.42. The number of aromatic nitrogens is 4.